The number of hydrogen-bond acceptors (Lipinski definition) is 4. The fourth-order valence-electron chi connectivity index (χ4n) is 1.25. The summed E-state index contributed by atoms with van der Waals surface area (Å²) >= 11 is 0. The lowest BCUT2D eigenvalue weighted by atomic mass is 10.0. The lowest BCUT2D eigenvalue weighted by Gasteiger charge is -2.19. The molecule has 0 aliphatic rings. The van der Waals surface area contributed by atoms with Crippen LogP contribution in [0.3, 0.4) is 0 Å². The maximum Gasteiger partial charge on any atom is 0.317 e. The van der Waals surface area contributed by atoms with Gasteiger partial charge in [0.2, 0.25) is 5.91 Å². The normalized spacial score (nSPS) is 12.2. The molecule has 1 atom stereocenters. The smallest absolute Gasteiger partial charge is 0.317 e. The van der Waals surface area contributed by atoms with Crippen molar-refractivity contribution in [2.75, 3.05) is 13.1 Å². The topological polar surface area (TPSA) is 95.5 Å². The number of carboxylic acid groups (broad SMARTS) is 1. The average molecular weight is 230 g/mol. The van der Waals surface area contributed by atoms with Gasteiger partial charge in [-0.05, 0) is 12.8 Å². The second-order valence-electron chi connectivity index (χ2n) is 3.90. The summed E-state index contributed by atoms with van der Waals surface area (Å²) in [6.07, 6.45) is 0. The lowest BCUT2D eigenvalue weighted by molar-refractivity contribution is -0.136. The summed E-state index contributed by atoms with van der Waals surface area (Å²) in [5.74, 6) is -1.50. The largest absolute Gasteiger partial charge is 0.480 e. The zero-order chi connectivity index (χ0) is 12.7. The Balaban J connectivity index is 4.01. The molecule has 0 aliphatic heterocycles. The minimum atomic E-state index is -1.03. The van der Waals surface area contributed by atoms with Crippen molar-refractivity contribution in [3.8, 4) is 0 Å². The van der Waals surface area contributed by atoms with Gasteiger partial charge in [0.05, 0.1) is 19.1 Å². The lowest BCUT2D eigenvalue weighted by Crippen LogP contribution is -2.47. The molecule has 16 heavy (non-hydrogen) atoms. The number of rotatable bonds is 7. The second-order valence-corrected chi connectivity index (χ2v) is 3.90. The van der Waals surface area contributed by atoms with Crippen molar-refractivity contribution in [2.24, 2.45) is 5.92 Å². The van der Waals surface area contributed by atoms with Gasteiger partial charge in [0.1, 0.15) is 0 Å². The SMILES string of the molecule is CC(=O)C(NC(=O)CNCC(=O)O)C(C)C. The van der Waals surface area contributed by atoms with E-state index in [9.17, 15) is 14.4 Å². The van der Waals surface area contributed by atoms with Gasteiger partial charge >= 0.3 is 5.97 Å². The Morgan fingerprint density at radius 1 is 1.19 bits per heavy atom. The van der Waals surface area contributed by atoms with E-state index < -0.39 is 12.0 Å². The van der Waals surface area contributed by atoms with Gasteiger partial charge < -0.3 is 10.4 Å². The fourth-order valence-corrected chi connectivity index (χ4v) is 1.25. The summed E-state index contributed by atoms with van der Waals surface area (Å²) in [6.45, 7) is 4.69. The molecule has 0 aromatic rings. The molecule has 0 bridgehead atoms. The fraction of sp³-hybridized carbons (Fsp3) is 0.700. The highest BCUT2D eigenvalue weighted by Crippen LogP contribution is 2.02. The Hall–Kier alpha value is -1.43. The van der Waals surface area contributed by atoms with Crippen molar-refractivity contribution in [1.82, 2.24) is 10.6 Å². The van der Waals surface area contributed by atoms with E-state index in [-0.39, 0.29) is 30.7 Å². The van der Waals surface area contributed by atoms with Crippen LogP contribution in [0.25, 0.3) is 0 Å². The van der Waals surface area contributed by atoms with Crippen molar-refractivity contribution in [3.63, 3.8) is 0 Å². The van der Waals surface area contributed by atoms with Crippen LogP contribution in [0, 0.1) is 5.92 Å². The van der Waals surface area contributed by atoms with Crippen LogP contribution in [0.5, 0.6) is 0 Å². The molecule has 0 aromatic heterocycles. The summed E-state index contributed by atoms with van der Waals surface area (Å²) in [6, 6.07) is -0.515. The summed E-state index contributed by atoms with van der Waals surface area (Å²) in [4.78, 5) is 32.7. The number of aliphatic carboxylic acids is 1. The molecule has 0 saturated carbocycles. The number of Topliss-reactive ketones (excluding diaryl/α,β-unsaturated/α-hetero) is 1. The zero-order valence-electron chi connectivity index (χ0n) is 9.74. The molecule has 0 aromatic carbocycles. The van der Waals surface area contributed by atoms with Gasteiger partial charge in [-0.25, -0.2) is 0 Å². The summed E-state index contributed by atoms with van der Waals surface area (Å²) in [5, 5.41) is 13.3. The van der Waals surface area contributed by atoms with Gasteiger partial charge in [-0.2, -0.15) is 0 Å². The third kappa shape index (κ3) is 6.13. The summed E-state index contributed by atoms with van der Waals surface area (Å²) in [5.41, 5.74) is 0. The maximum atomic E-state index is 11.3. The van der Waals surface area contributed by atoms with Gasteiger partial charge in [0, 0.05) is 0 Å². The number of ketones is 1. The molecule has 0 heterocycles. The van der Waals surface area contributed by atoms with Crippen molar-refractivity contribution in [1.29, 1.82) is 0 Å². The summed E-state index contributed by atoms with van der Waals surface area (Å²) < 4.78 is 0. The highest BCUT2D eigenvalue weighted by Gasteiger charge is 2.20. The first-order chi connectivity index (χ1) is 7.34. The van der Waals surface area contributed by atoms with Crippen molar-refractivity contribution in [2.45, 2.75) is 26.8 Å². The standard InChI is InChI=1S/C10H18N2O4/c1-6(2)10(7(3)13)12-8(14)4-11-5-9(15)16/h6,10-11H,4-5H2,1-3H3,(H,12,14)(H,15,16). The first-order valence-electron chi connectivity index (χ1n) is 5.07. The molecule has 0 rings (SSSR count). The van der Waals surface area contributed by atoms with Crippen LogP contribution in [0.2, 0.25) is 0 Å². The van der Waals surface area contributed by atoms with Crippen molar-refractivity contribution < 1.29 is 19.5 Å². The third-order valence-corrected chi connectivity index (χ3v) is 1.98. The van der Waals surface area contributed by atoms with Gasteiger partial charge in [0.25, 0.3) is 0 Å². The molecule has 0 spiro atoms. The van der Waals surface area contributed by atoms with Crippen LogP contribution in [0.4, 0.5) is 0 Å². The van der Waals surface area contributed by atoms with E-state index in [4.69, 9.17) is 5.11 Å². The number of carbonyl (C=O) groups excluding carboxylic acids is 2. The highest BCUT2D eigenvalue weighted by atomic mass is 16.4. The molecular formula is C10H18N2O4. The Morgan fingerprint density at radius 3 is 2.12 bits per heavy atom. The molecule has 6 heteroatoms. The van der Waals surface area contributed by atoms with Crippen LogP contribution < -0.4 is 10.6 Å². The van der Waals surface area contributed by atoms with E-state index in [1.165, 1.54) is 6.92 Å². The molecular weight excluding hydrogens is 212 g/mol. The quantitative estimate of drug-likeness (QED) is 0.542. The maximum absolute atomic E-state index is 11.3. The van der Waals surface area contributed by atoms with E-state index >= 15 is 0 Å². The first kappa shape index (κ1) is 14.6. The van der Waals surface area contributed by atoms with Gasteiger partial charge in [-0.1, -0.05) is 13.8 Å². The first-order valence-corrected chi connectivity index (χ1v) is 5.07. The molecule has 0 aliphatic carbocycles. The second kappa shape index (κ2) is 6.95. The van der Waals surface area contributed by atoms with Crippen LogP contribution in [-0.2, 0) is 14.4 Å². The van der Waals surface area contributed by atoms with Gasteiger partial charge in [0.15, 0.2) is 5.78 Å². The Labute approximate surface area is 94.4 Å². The molecule has 3 N–H and O–H groups in total. The van der Waals surface area contributed by atoms with E-state index in [1.807, 2.05) is 13.8 Å². The Kier molecular flexibility index (Phi) is 6.32. The molecule has 0 saturated heterocycles. The Morgan fingerprint density at radius 2 is 1.75 bits per heavy atom. The molecule has 6 nitrogen and oxygen atoms in total. The van der Waals surface area contributed by atoms with Gasteiger partial charge in [-0.3, -0.25) is 19.7 Å². The number of amides is 1. The minimum absolute atomic E-state index is 0.0147. The van der Waals surface area contributed by atoms with Gasteiger partial charge in [-0.15, -0.1) is 0 Å². The van der Waals surface area contributed by atoms with E-state index in [0.717, 1.165) is 0 Å². The number of carboxylic acids is 1. The monoisotopic (exact) mass is 230 g/mol. The minimum Gasteiger partial charge on any atom is -0.480 e. The summed E-state index contributed by atoms with van der Waals surface area (Å²) in [7, 11) is 0. The average Bonchev–Trinajstić information content (AvgIpc) is 2.12. The Bertz CT molecular complexity index is 276. The zero-order valence-corrected chi connectivity index (χ0v) is 9.74. The van der Waals surface area contributed by atoms with E-state index in [0.29, 0.717) is 0 Å². The molecule has 92 valence electrons. The van der Waals surface area contributed by atoms with Crippen molar-refractivity contribution >= 4 is 17.7 Å². The van der Waals surface area contributed by atoms with Crippen LogP contribution in [-0.4, -0.2) is 41.9 Å². The number of hydrogen-bond donors (Lipinski definition) is 3. The van der Waals surface area contributed by atoms with Crippen LogP contribution >= 0.6 is 0 Å². The molecule has 1 unspecified atom stereocenters. The number of carbonyl (C=O) groups is 3. The predicted octanol–water partition coefficient (Wildman–Crippen LogP) is -0.610. The van der Waals surface area contributed by atoms with Crippen LogP contribution in [0.15, 0.2) is 0 Å². The predicted molar refractivity (Wildman–Crippen MR) is 58.0 cm³/mol. The molecule has 0 radical (unpaired) electrons. The number of nitrogens with one attached hydrogen (secondary N) is 2. The van der Waals surface area contributed by atoms with Crippen LogP contribution in [0.1, 0.15) is 20.8 Å². The molecule has 0 fully saturated rings. The third-order valence-electron chi connectivity index (χ3n) is 1.98. The van der Waals surface area contributed by atoms with E-state index in [1.54, 1.807) is 0 Å². The van der Waals surface area contributed by atoms with Crippen molar-refractivity contribution in [3.05, 3.63) is 0 Å². The highest BCUT2D eigenvalue weighted by molar-refractivity contribution is 5.88. The van der Waals surface area contributed by atoms with E-state index in [2.05, 4.69) is 10.6 Å². The molecule has 1 amide bonds.